The number of likely N-dealkylation sites (tertiary alicyclic amines) is 1. The molecule has 1 saturated heterocycles. The van der Waals surface area contributed by atoms with Gasteiger partial charge in [0.15, 0.2) is 0 Å². The number of aromatic nitrogens is 1. The van der Waals surface area contributed by atoms with E-state index >= 15 is 0 Å². The third kappa shape index (κ3) is 5.20. The summed E-state index contributed by atoms with van der Waals surface area (Å²) < 4.78 is 5.27. The molecule has 0 saturated carbocycles. The third-order valence-electron chi connectivity index (χ3n) is 5.08. The van der Waals surface area contributed by atoms with Crippen molar-refractivity contribution in [1.82, 2.24) is 15.2 Å². The van der Waals surface area contributed by atoms with E-state index in [4.69, 9.17) is 4.74 Å². The van der Waals surface area contributed by atoms with E-state index in [9.17, 15) is 9.59 Å². The number of aromatic amines is 1. The van der Waals surface area contributed by atoms with Gasteiger partial charge in [-0.05, 0) is 49.7 Å². The highest BCUT2D eigenvalue weighted by Gasteiger charge is 2.22. The zero-order valence-corrected chi connectivity index (χ0v) is 15.7. The predicted octanol–water partition coefficient (Wildman–Crippen LogP) is 2.73. The second kappa shape index (κ2) is 9.37. The summed E-state index contributed by atoms with van der Waals surface area (Å²) in [5, 5.41) is 3.03. The van der Waals surface area contributed by atoms with Crippen molar-refractivity contribution in [3.8, 4) is 5.75 Å². The highest BCUT2D eigenvalue weighted by molar-refractivity contribution is 5.93. The molecule has 6 nitrogen and oxygen atoms in total. The first kappa shape index (κ1) is 19.2. The van der Waals surface area contributed by atoms with Crippen LogP contribution in [-0.2, 0) is 0 Å². The molecule has 0 spiro atoms. The SMILES string of the molecule is COc1ccc(C(CNC(=O)c2ccc(=O)[nH]c2)N2CCCCCC2)cc1. The molecule has 1 aliphatic heterocycles. The van der Waals surface area contributed by atoms with Crippen LogP contribution in [0.4, 0.5) is 0 Å². The lowest BCUT2D eigenvalue weighted by Gasteiger charge is -2.31. The minimum absolute atomic E-state index is 0.112. The van der Waals surface area contributed by atoms with Crippen LogP contribution in [0, 0.1) is 0 Å². The Morgan fingerprint density at radius 1 is 1.11 bits per heavy atom. The van der Waals surface area contributed by atoms with Crippen molar-refractivity contribution in [2.75, 3.05) is 26.7 Å². The summed E-state index contributed by atoms with van der Waals surface area (Å²) in [5.74, 6) is 0.644. The topological polar surface area (TPSA) is 74.4 Å². The lowest BCUT2D eigenvalue weighted by atomic mass is 10.0. The number of amides is 1. The van der Waals surface area contributed by atoms with Crippen LogP contribution >= 0.6 is 0 Å². The standard InChI is InChI=1S/C21H27N3O3/c1-27-18-9-6-16(7-10-18)19(24-12-4-2-3-5-13-24)15-23-21(26)17-8-11-20(25)22-14-17/h6-11,14,19H,2-5,12-13,15H2,1H3,(H,22,25)(H,23,26). The molecule has 0 aliphatic carbocycles. The Hall–Kier alpha value is -2.60. The lowest BCUT2D eigenvalue weighted by Crippen LogP contribution is -2.38. The van der Waals surface area contributed by atoms with Gasteiger partial charge in [0, 0.05) is 18.8 Å². The van der Waals surface area contributed by atoms with E-state index in [1.165, 1.54) is 43.5 Å². The van der Waals surface area contributed by atoms with Gasteiger partial charge in [-0.2, -0.15) is 0 Å². The number of H-pyrrole nitrogens is 1. The van der Waals surface area contributed by atoms with Gasteiger partial charge in [-0.25, -0.2) is 0 Å². The molecule has 3 rings (SSSR count). The Balaban J connectivity index is 1.74. The van der Waals surface area contributed by atoms with Gasteiger partial charge in [0.25, 0.3) is 5.91 Å². The van der Waals surface area contributed by atoms with Gasteiger partial charge in [0.1, 0.15) is 5.75 Å². The lowest BCUT2D eigenvalue weighted by molar-refractivity contribution is 0.0933. The zero-order valence-electron chi connectivity index (χ0n) is 15.7. The number of hydrogen-bond donors (Lipinski definition) is 2. The maximum atomic E-state index is 12.5. The van der Waals surface area contributed by atoms with E-state index < -0.39 is 0 Å². The second-order valence-electron chi connectivity index (χ2n) is 6.89. The fourth-order valence-electron chi connectivity index (χ4n) is 3.53. The summed E-state index contributed by atoms with van der Waals surface area (Å²) in [6, 6.07) is 11.1. The predicted molar refractivity (Wildman–Crippen MR) is 105 cm³/mol. The second-order valence-corrected chi connectivity index (χ2v) is 6.89. The van der Waals surface area contributed by atoms with Crippen LogP contribution in [0.3, 0.4) is 0 Å². The summed E-state index contributed by atoms with van der Waals surface area (Å²) in [6.45, 7) is 2.58. The van der Waals surface area contributed by atoms with Gasteiger partial charge < -0.3 is 15.0 Å². The molecule has 1 atom stereocenters. The number of rotatable bonds is 6. The average Bonchev–Trinajstić information content (AvgIpc) is 2.98. The van der Waals surface area contributed by atoms with Gasteiger partial charge in [-0.15, -0.1) is 0 Å². The number of pyridine rings is 1. The maximum Gasteiger partial charge on any atom is 0.252 e. The van der Waals surface area contributed by atoms with Crippen LogP contribution in [-0.4, -0.2) is 42.5 Å². The summed E-state index contributed by atoms with van der Waals surface area (Å²) >= 11 is 0. The first-order chi connectivity index (χ1) is 13.2. The van der Waals surface area contributed by atoms with Crippen molar-refractivity contribution < 1.29 is 9.53 Å². The smallest absolute Gasteiger partial charge is 0.252 e. The number of hydrogen-bond acceptors (Lipinski definition) is 4. The molecule has 1 unspecified atom stereocenters. The van der Waals surface area contributed by atoms with Crippen LogP contribution in [0.5, 0.6) is 5.75 Å². The van der Waals surface area contributed by atoms with Crippen LogP contribution in [0.2, 0.25) is 0 Å². The van der Waals surface area contributed by atoms with Gasteiger partial charge in [-0.1, -0.05) is 25.0 Å². The minimum Gasteiger partial charge on any atom is -0.497 e. The molecule has 2 heterocycles. The Labute approximate surface area is 159 Å². The molecular weight excluding hydrogens is 342 g/mol. The van der Waals surface area contributed by atoms with Crippen molar-refractivity contribution in [2.24, 2.45) is 0 Å². The highest BCUT2D eigenvalue weighted by atomic mass is 16.5. The van der Waals surface area contributed by atoms with E-state index in [2.05, 4.69) is 27.3 Å². The molecule has 1 fully saturated rings. The Kier molecular flexibility index (Phi) is 6.65. The van der Waals surface area contributed by atoms with Crippen molar-refractivity contribution in [1.29, 1.82) is 0 Å². The van der Waals surface area contributed by atoms with Crippen molar-refractivity contribution in [3.05, 3.63) is 64.1 Å². The number of carbonyl (C=O) groups excluding carboxylic acids is 1. The van der Waals surface area contributed by atoms with Gasteiger partial charge in [0.05, 0.1) is 18.7 Å². The quantitative estimate of drug-likeness (QED) is 0.821. The largest absolute Gasteiger partial charge is 0.497 e. The van der Waals surface area contributed by atoms with E-state index in [0.29, 0.717) is 12.1 Å². The molecule has 0 bridgehead atoms. The summed E-state index contributed by atoms with van der Waals surface area (Å²) in [4.78, 5) is 28.7. The molecule has 2 N–H and O–H groups in total. The van der Waals surface area contributed by atoms with Crippen molar-refractivity contribution in [2.45, 2.75) is 31.7 Å². The fraction of sp³-hybridized carbons (Fsp3) is 0.429. The number of benzene rings is 1. The summed E-state index contributed by atoms with van der Waals surface area (Å²) in [7, 11) is 1.66. The first-order valence-corrected chi connectivity index (χ1v) is 9.52. The molecular formula is C21H27N3O3. The van der Waals surface area contributed by atoms with Crippen LogP contribution in [0.1, 0.15) is 47.6 Å². The molecule has 0 radical (unpaired) electrons. The van der Waals surface area contributed by atoms with Crippen molar-refractivity contribution in [3.63, 3.8) is 0 Å². The number of methoxy groups -OCH3 is 1. The fourth-order valence-corrected chi connectivity index (χ4v) is 3.53. The Bertz CT molecular complexity index is 773. The number of nitrogens with zero attached hydrogens (tertiary/aromatic N) is 1. The monoisotopic (exact) mass is 369 g/mol. The van der Waals surface area contributed by atoms with Crippen molar-refractivity contribution >= 4 is 5.91 Å². The summed E-state index contributed by atoms with van der Waals surface area (Å²) in [5.41, 5.74) is 1.41. The molecule has 2 aromatic rings. The highest BCUT2D eigenvalue weighted by Crippen LogP contribution is 2.25. The van der Waals surface area contributed by atoms with Crippen LogP contribution < -0.4 is 15.6 Å². The first-order valence-electron chi connectivity index (χ1n) is 9.52. The Morgan fingerprint density at radius 2 is 1.81 bits per heavy atom. The molecule has 1 aromatic carbocycles. The van der Waals surface area contributed by atoms with Gasteiger partial charge in [-0.3, -0.25) is 14.5 Å². The molecule has 1 amide bonds. The number of nitrogens with one attached hydrogen (secondary N) is 2. The van der Waals surface area contributed by atoms with Gasteiger partial charge >= 0.3 is 0 Å². The van der Waals surface area contributed by atoms with E-state index in [1.807, 2.05) is 12.1 Å². The average molecular weight is 369 g/mol. The normalized spacial score (nSPS) is 16.3. The minimum atomic E-state index is -0.216. The van der Waals surface area contributed by atoms with Gasteiger partial charge in [0.2, 0.25) is 5.56 Å². The molecule has 1 aliphatic rings. The zero-order chi connectivity index (χ0) is 19.1. The van der Waals surface area contributed by atoms with Crippen LogP contribution in [0.15, 0.2) is 47.4 Å². The van der Waals surface area contributed by atoms with E-state index in [1.54, 1.807) is 13.2 Å². The maximum absolute atomic E-state index is 12.5. The number of carbonyl (C=O) groups is 1. The molecule has 6 heteroatoms. The Morgan fingerprint density at radius 3 is 2.41 bits per heavy atom. The van der Waals surface area contributed by atoms with E-state index in [-0.39, 0.29) is 17.5 Å². The summed E-state index contributed by atoms with van der Waals surface area (Å²) in [6.07, 6.45) is 6.33. The molecule has 27 heavy (non-hydrogen) atoms. The third-order valence-corrected chi connectivity index (χ3v) is 5.08. The van der Waals surface area contributed by atoms with Crippen LogP contribution in [0.25, 0.3) is 0 Å². The number of ether oxygens (including phenoxy) is 1. The van der Waals surface area contributed by atoms with E-state index in [0.717, 1.165) is 18.8 Å². The molecule has 144 valence electrons. The molecule has 1 aromatic heterocycles.